The number of piperazine rings is 1. The number of ether oxygens (including phenoxy) is 3. The Kier molecular flexibility index (Phi) is 10.7. The molecular weight excluding hydrogens is 504 g/mol. The Morgan fingerprint density at radius 2 is 1.67 bits per heavy atom. The van der Waals surface area contributed by atoms with Gasteiger partial charge in [-0.15, -0.1) is 4.99 Å². The first-order valence-corrected chi connectivity index (χ1v) is 13.4. The monoisotopic (exact) mass is 548 g/mol. The molecule has 39 heavy (non-hydrogen) atoms. The van der Waals surface area contributed by atoms with E-state index in [1.165, 1.54) is 0 Å². The highest BCUT2D eigenvalue weighted by atomic mass is 16.6. The van der Waals surface area contributed by atoms with Gasteiger partial charge in [0.15, 0.2) is 11.9 Å². The largest absolute Gasteiger partial charge is 0.454 e. The number of carbonyl (C=O) groups is 3. The molecule has 0 radical (unpaired) electrons. The van der Waals surface area contributed by atoms with Crippen molar-refractivity contribution in [3.63, 3.8) is 0 Å². The van der Waals surface area contributed by atoms with E-state index in [9.17, 15) is 14.4 Å². The lowest BCUT2D eigenvalue weighted by Crippen LogP contribution is -2.62. The Balaban J connectivity index is 2.27. The van der Waals surface area contributed by atoms with Gasteiger partial charge in [-0.3, -0.25) is 10.1 Å². The zero-order chi connectivity index (χ0) is 29.5. The molecule has 12 heteroatoms. The van der Waals surface area contributed by atoms with E-state index in [1.807, 2.05) is 25.7 Å². The normalized spacial score (nSPS) is 19.3. The number of rotatable bonds is 5. The third kappa shape index (κ3) is 10.3. The van der Waals surface area contributed by atoms with Crippen LogP contribution in [0.2, 0.25) is 0 Å². The van der Waals surface area contributed by atoms with Crippen molar-refractivity contribution >= 4 is 29.9 Å². The van der Waals surface area contributed by atoms with Gasteiger partial charge >= 0.3 is 18.2 Å². The molecule has 0 bridgehead atoms. The topological polar surface area (TPSA) is 136 Å². The predicted octanol–water partition coefficient (Wildman–Crippen LogP) is 4.60. The van der Waals surface area contributed by atoms with Crippen molar-refractivity contribution < 1.29 is 28.6 Å². The van der Waals surface area contributed by atoms with Crippen molar-refractivity contribution in [2.24, 2.45) is 4.99 Å². The summed E-state index contributed by atoms with van der Waals surface area (Å²) in [6.07, 6.45) is 0.565. The highest BCUT2D eigenvalue weighted by Crippen LogP contribution is 2.23. The molecule has 0 aromatic carbocycles. The summed E-state index contributed by atoms with van der Waals surface area (Å²) >= 11 is 0. The Labute approximate surface area is 231 Å². The fraction of sp³-hybridized carbons (Fsp3) is 0.704. The third-order valence-corrected chi connectivity index (χ3v) is 5.48. The maximum atomic E-state index is 12.6. The minimum absolute atomic E-state index is 0.0537. The average molecular weight is 549 g/mol. The number of anilines is 1. The van der Waals surface area contributed by atoms with Gasteiger partial charge in [0.2, 0.25) is 5.96 Å². The van der Waals surface area contributed by atoms with Crippen LogP contribution in [0, 0.1) is 0 Å². The first kappa shape index (κ1) is 31.8. The van der Waals surface area contributed by atoms with E-state index in [-0.39, 0.29) is 24.0 Å². The summed E-state index contributed by atoms with van der Waals surface area (Å²) in [4.78, 5) is 54.2. The second-order valence-corrected chi connectivity index (χ2v) is 11.7. The summed E-state index contributed by atoms with van der Waals surface area (Å²) in [5.41, 5.74) is -1.48. The molecule has 1 N–H and O–H groups in total. The van der Waals surface area contributed by atoms with Gasteiger partial charge in [0.05, 0.1) is 0 Å². The standard InChI is InChI=1S/C27H44N6O6/c1-11-12-21(34)37-19(4)22-28-14-13-20(29-22)32-15-17(2)33(18(3)16-32)23(30-24(35)38-26(5,6)7)31-25(36)39-27(8,9)10/h13-14,17-19H,11-12,15-16H2,1-10H3,(H,30,31,35,36)/t17-,18+,19-/m1/s1. The number of hydrogen-bond donors (Lipinski definition) is 1. The number of nitrogens with one attached hydrogen (secondary N) is 1. The lowest BCUT2D eigenvalue weighted by Gasteiger charge is -2.46. The van der Waals surface area contributed by atoms with Crippen LogP contribution in [0.5, 0.6) is 0 Å². The third-order valence-electron chi connectivity index (χ3n) is 5.48. The zero-order valence-corrected chi connectivity index (χ0v) is 24.9. The molecule has 3 atom stereocenters. The molecule has 0 spiro atoms. The van der Waals surface area contributed by atoms with Crippen LogP contribution in [-0.4, -0.2) is 75.4 Å². The molecule has 1 aromatic heterocycles. The molecule has 1 aliphatic rings. The van der Waals surface area contributed by atoms with Crippen LogP contribution in [0.15, 0.2) is 17.3 Å². The van der Waals surface area contributed by atoms with E-state index in [0.29, 0.717) is 37.6 Å². The molecule has 12 nitrogen and oxygen atoms in total. The number of hydrogen-bond acceptors (Lipinski definition) is 9. The van der Waals surface area contributed by atoms with Crippen LogP contribution < -0.4 is 10.2 Å². The van der Waals surface area contributed by atoms with Crippen molar-refractivity contribution in [1.29, 1.82) is 0 Å². The van der Waals surface area contributed by atoms with E-state index < -0.39 is 29.5 Å². The number of alkyl carbamates (subject to hydrolysis) is 1. The van der Waals surface area contributed by atoms with Crippen molar-refractivity contribution in [2.75, 3.05) is 18.0 Å². The SMILES string of the molecule is CCCC(=O)O[C@H](C)c1nccc(N2C[C@@H](C)N(/C(=N\C(=O)OC(C)(C)C)NC(=O)OC(C)(C)C)[C@@H](C)C2)n1. The van der Waals surface area contributed by atoms with Crippen LogP contribution in [0.3, 0.4) is 0 Å². The molecule has 2 rings (SSSR count). The first-order valence-electron chi connectivity index (χ1n) is 13.4. The molecule has 1 saturated heterocycles. The van der Waals surface area contributed by atoms with Crippen molar-refractivity contribution in [2.45, 2.75) is 111 Å². The Hall–Kier alpha value is -3.44. The Morgan fingerprint density at radius 3 is 2.21 bits per heavy atom. The van der Waals surface area contributed by atoms with E-state index in [1.54, 1.807) is 60.7 Å². The number of nitrogens with zero attached hydrogens (tertiary/aromatic N) is 5. The van der Waals surface area contributed by atoms with Crippen LogP contribution in [-0.2, 0) is 19.0 Å². The molecule has 1 aromatic rings. The van der Waals surface area contributed by atoms with Gasteiger partial charge in [0, 0.05) is 37.8 Å². The summed E-state index contributed by atoms with van der Waals surface area (Å²) in [6, 6.07) is 1.42. The van der Waals surface area contributed by atoms with Crippen molar-refractivity contribution in [3.8, 4) is 0 Å². The van der Waals surface area contributed by atoms with Crippen LogP contribution >= 0.6 is 0 Å². The maximum absolute atomic E-state index is 12.6. The first-order chi connectivity index (χ1) is 18.0. The van der Waals surface area contributed by atoms with Gasteiger partial charge in [0.1, 0.15) is 17.0 Å². The molecule has 2 heterocycles. The quantitative estimate of drug-likeness (QED) is 0.241. The van der Waals surface area contributed by atoms with Gasteiger partial charge < -0.3 is 24.0 Å². The molecule has 1 fully saturated rings. The molecule has 1 aliphatic heterocycles. The van der Waals surface area contributed by atoms with E-state index in [4.69, 9.17) is 14.2 Å². The minimum atomic E-state index is -0.817. The van der Waals surface area contributed by atoms with Gasteiger partial charge in [-0.2, -0.15) is 0 Å². The molecule has 0 unspecified atom stereocenters. The minimum Gasteiger partial charge on any atom is -0.454 e. The lowest BCUT2D eigenvalue weighted by molar-refractivity contribution is -0.149. The summed E-state index contributed by atoms with van der Waals surface area (Å²) in [5, 5.41) is 2.65. The highest BCUT2D eigenvalue weighted by Gasteiger charge is 2.35. The van der Waals surface area contributed by atoms with Crippen LogP contribution in [0.1, 0.15) is 94.0 Å². The maximum Gasteiger partial charge on any atom is 0.437 e. The van der Waals surface area contributed by atoms with Crippen LogP contribution in [0.25, 0.3) is 0 Å². The second-order valence-electron chi connectivity index (χ2n) is 11.7. The summed E-state index contributed by atoms with van der Waals surface area (Å²) in [5.74, 6) is 0.864. The molecule has 218 valence electrons. The molecule has 0 aliphatic carbocycles. The lowest BCUT2D eigenvalue weighted by atomic mass is 10.1. The summed E-state index contributed by atoms with van der Waals surface area (Å²) in [6.45, 7) is 19.1. The average Bonchev–Trinajstić information content (AvgIpc) is 2.76. The number of esters is 1. The predicted molar refractivity (Wildman–Crippen MR) is 147 cm³/mol. The van der Waals surface area contributed by atoms with Gasteiger partial charge in [0.25, 0.3) is 0 Å². The highest BCUT2D eigenvalue weighted by molar-refractivity contribution is 5.99. The molecule has 2 amide bonds. The second kappa shape index (κ2) is 13.1. The summed E-state index contributed by atoms with van der Waals surface area (Å²) < 4.78 is 16.2. The van der Waals surface area contributed by atoms with Gasteiger partial charge in [-0.05, 0) is 74.8 Å². The number of amides is 2. The molecular formula is C27H44N6O6. The number of aromatic nitrogens is 2. The smallest absolute Gasteiger partial charge is 0.437 e. The fourth-order valence-corrected chi connectivity index (χ4v) is 4.09. The Bertz CT molecular complexity index is 1040. The van der Waals surface area contributed by atoms with Gasteiger partial charge in [-0.1, -0.05) is 6.92 Å². The van der Waals surface area contributed by atoms with E-state index in [0.717, 1.165) is 0 Å². The zero-order valence-electron chi connectivity index (χ0n) is 24.9. The fourth-order valence-electron chi connectivity index (χ4n) is 4.09. The van der Waals surface area contributed by atoms with Crippen molar-refractivity contribution in [1.82, 2.24) is 20.2 Å². The van der Waals surface area contributed by atoms with E-state index in [2.05, 4.69) is 25.2 Å². The molecule has 0 saturated carbocycles. The number of aliphatic imine (C=N–C) groups is 1. The Morgan fingerprint density at radius 1 is 1.08 bits per heavy atom. The summed E-state index contributed by atoms with van der Waals surface area (Å²) in [7, 11) is 0. The van der Waals surface area contributed by atoms with Crippen molar-refractivity contribution in [3.05, 3.63) is 18.1 Å². The number of guanidine groups is 1. The van der Waals surface area contributed by atoms with Gasteiger partial charge in [-0.25, -0.2) is 19.6 Å². The van der Waals surface area contributed by atoms with E-state index >= 15 is 0 Å². The number of carbonyl (C=O) groups excluding carboxylic acids is 3. The van der Waals surface area contributed by atoms with Crippen LogP contribution in [0.4, 0.5) is 15.4 Å².